The Kier molecular flexibility index (Phi) is 3.11. The molecule has 4 aromatic heterocycles. The highest BCUT2D eigenvalue weighted by Gasteiger charge is 2.16. The zero-order valence-corrected chi connectivity index (χ0v) is 14.3. The molecule has 0 atom stereocenters. The lowest BCUT2D eigenvalue weighted by Gasteiger charge is -2.01. The molecule has 0 radical (unpaired) electrons. The van der Waals surface area contributed by atoms with Crippen LogP contribution in [-0.2, 0) is 7.05 Å². The number of thiophene rings is 1. The number of nitrogens with one attached hydrogen (secondary N) is 2. The summed E-state index contributed by atoms with van der Waals surface area (Å²) in [5, 5.41) is 2.20. The lowest BCUT2D eigenvalue weighted by atomic mass is 10.1. The van der Waals surface area contributed by atoms with Gasteiger partial charge in [-0.2, -0.15) is 0 Å². The highest BCUT2D eigenvalue weighted by atomic mass is 32.1. The van der Waals surface area contributed by atoms with E-state index in [-0.39, 0.29) is 0 Å². The van der Waals surface area contributed by atoms with Gasteiger partial charge in [-0.1, -0.05) is 24.3 Å². The maximum atomic E-state index is 4.15. The quantitative estimate of drug-likeness (QED) is 0.498. The van der Waals surface area contributed by atoms with E-state index >= 15 is 0 Å². The number of aryl methyl sites for hydroxylation is 1. The first-order valence-corrected chi connectivity index (χ1v) is 8.83. The van der Waals surface area contributed by atoms with Crippen LogP contribution in [0, 0.1) is 0 Å². The molecule has 1 aromatic carbocycles. The van der Waals surface area contributed by atoms with Crippen LogP contribution in [0.4, 0.5) is 0 Å². The SMILES string of the molecule is Cn1cc(-c2ccc(-c3cnc[nH]3)cc2)c2scc(-c3cnc[nH]3)c21. The van der Waals surface area contributed by atoms with Gasteiger partial charge >= 0.3 is 0 Å². The number of imidazole rings is 2. The molecule has 0 saturated carbocycles. The predicted molar refractivity (Wildman–Crippen MR) is 101 cm³/mol. The molecule has 122 valence electrons. The number of benzene rings is 1. The summed E-state index contributed by atoms with van der Waals surface area (Å²) in [6.45, 7) is 0. The first kappa shape index (κ1) is 14.2. The number of aromatic amines is 2. The lowest BCUT2D eigenvalue weighted by Crippen LogP contribution is -1.85. The van der Waals surface area contributed by atoms with Crippen LogP contribution in [0.3, 0.4) is 0 Å². The van der Waals surface area contributed by atoms with Gasteiger partial charge in [0.15, 0.2) is 0 Å². The summed E-state index contributed by atoms with van der Waals surface area (Å²) in [6.07, 6.45) is 9.33. The minimum Gasteiger partial charge on any atom is -0.349 e. The first-order valence-electron chi connectivity index (χ1n) is 7.96. The number of fused-ring (bicyclic) bond motifs is 1. The van der Waals surface area contributed by atoms with Crippen LogP contribution in [0.15, 0.2) is 60.9 Å². The van der Waals surface area contributed by atoms with Crippen molar-refractivity contribution in [1.82, 2.24) is 24.5 Å². The average Bonchev–Trinajstić information content (AvgIpc) is 3.42. The van der Waals surface area contributed by atoms with Gasteiger partial charge in [0, 0.05) is 29.8 Å². The van der Waals surface area contributed by atoms with Gasteiger partial charge in [0.25, 0.3) is 0 Å². The number of H-pyrrole nitrogens is 2. The Bertz CT molecular complexity index is 1130. The van der Waals surface area contributed by atoms with Gasteiger partial charge in [-0.15, -0.1) is 11.3 Å². The van der Waals surface area contributed by atoms with E-state index in [9.17, 15) is 0 Å². The Morgan fingerprint density at radius 1 is 0.880 bits per heavy atom. The van der Waals surface area contributed by atoms with E-state index in [4.69, 9.17) is 0 Å². The Balaban J connectivity index is 1.62. The average molecular weight is 345 g/mol. The van der Waals surface area contributed by atoms with Crippen molar-refractivity contribution in [3.63, 3.8) is 0 Å². The van der Waals surface area contributed by atoms with Gasteiger partial charge < -0.3 is 14.5 Å². The molecule has 5 nitrogen and oxygen atoms in total. The van der Waals surface area contributed by atoms with Gasteiger partial charge in [-0.05, 0) is 11.1 Å². The van der Waals surface area contributed by atoms with E-state index < -0.39 is 0 Å². The van der Waals surface area contributed by atoms with E-state index in [0.717, 1.165) is 17.0 Å². The lowest BCUT2D eigenvalue weighted by molar-refractivity contribution is 0.971. The molecule has 5 aromatic rings. The summed E-state index contributed by atoms with van der Waals surface area (Å²) < 4.78 is 3.49. The van der Waals surface area contributed by atoms with Crippen LogP contribution in [-0.4, -0.2) is 24.5 Å². The van der Waals surface area contributed by atoms with Crippen molar-refractivity contribution in [1.29, 1.82) is 0 Å². The van der Waals surface area contributed by atoms with E-state index in [1.165, 1.54) is 26.9 Å². The van der Waals surface area contributed by atoms with Crippen molar-refractivity contribution in [3.05, 3.63) is 60.9 Å². The van der Waals surface area contributed by atoms with Crippen LogP contribution < -0.4 is 0 Å². The maximum Gasteiger partial charge on any atom is 0.0924 e. The first-order chi connectivity index (χ1) is 12.3. The fraction of sp³-hybridized carbons (Fsp3) is 0.0526. The number of hydrogen-bond donors (Lipinski definition) is 2. The molecule has 2 N–H and O–H groups in total. The third kappa shape index (κ3) is 2.22. The van der Waals surface area contributed by atoms with Gasteiger partial charge in [-0.25, -0.2) is 9.97 Å². The summed E-state index contributed by atoms with van der Waals surface area (Å²) in [6, 6.07) is 8.59. The molecular formula is C19H15N5S. The molecule has 5 rings (SSSR count). The minimum absolute atomic E-state index is 1.03. The molecule has 0 bridgehead atoms. The topological polar surface area (TPSA) is 62.3 Å². The Morgan fingerprint density at radius 3 is 2.24 bits per heavy atom. The summed E-state index contributed by atoms with van der Waals surface area (Å²) >= 11 is 1.77. The number of nitrogens with zero attached hydrogens (tertiary/aromatic N) is 3. The standard InChI is InChI=1S/C19H15N5S/c1-24-8-14(12-2-4-13(5-3-12)16-6-20-10-22-16)19-18(24)15(9-25-19)17-7-21-11-23-17/h2-11H,1H3,(H,20,22)(H,21,23). The Morgan fingerprint density at radius 2 is 1.56 bits per heavy atom. The third-order valence-electron chi connectivity index (χ3n) is 4.48. The molecular weight excluding hydrogens is 330 g/mol. The van der Waals surface area contributed by atoms with Gasteiger partial charge in [-0.3, -0.25) is 0 Å². The van der Waals surface area contributed by atoms with E-state index in [0.29, 0.717) is 0 Å². The molecule has 0 aliphatic carbocycles. The Hall–Kier alpha value is -3.12. The van der Waals surface area contributed by atoms with Crippen molar-refractivity contribution < 1.29 is 0 Å². The van der Waals surface area contributed by atoms with Crippen molar-refractivity contribution in [2.24, 2.45) is 7.05 Å². The van der Waals surface area contributed by atoms with E-state index in [1.807, 2.05) is 12.4 Å². The fourth-order valence-electron chi connectivity index (χ4n) is 3.25. The van der Waals surface area contributed by atoms with Crippen molar-refractivity contribution >= 4 is 21.6 Å². The minimum atomic E-state index is 1.03. The van der Waals surface area contributed by atoms with Gasteiger partial charge in [0.05, 0.1) is 46.7 Å². The van der Waals surface area contributed by atoms with E-state index in [2.05, 4.69) is 67.4 Å². The van der Waals surface area contributed by atoms with Crippen molar-refractivity contribution in [2.45, 2.75) is 0 Å². The summed E-state index contributed by atoms with van der Waals surface area (Å²) in [7, 11) is 2.09. The van der Waals surface area contributed by atoms with E-state index in [1.54, 1.807) is 24.0 Å². The molecule has 25 heavy (non-hydrogen) atoms. The zero-order valence-electron chi connectivity index (χ0n) is 13.5. The second-order valence-corrected chi connectivity index (χ2v) is 6.87. The number of aromatic nitrogens is 5. The Labute approximate surface area is 148 Å². The van der Waals surface area contributed by atoms with Crippen LogP contribution in [0.1, 0.15) is 0 Å². The second kappa shape index (κ2) is 5.46. The maximum absolute atomic E-state index is 4.15. The van der Waals surface area contributed by atoms with Crippen LogP contribution >= 0.6 is 11.3 Å². The summed E-state index contributed by atoms with van der Waals surface area (Å²) in [5.41, 5.74) is 8.12. The van der Waals surface area contributed by atoms with Crippen LogP contribution in [0.5, 0.6) is 0 Å². The molecule has 0 saturated heterocycles. The zero-order chi connectivity index (χ0) is 16.8. The summed E-state index contributed by atoms with van der Waals surface area (Å²) in [4.78, 5) is 14.6. The summed E-state index contributed by atoms with van der Waals surface area (Å²) in [5.74, 6) is 0. The fourth-order valence-corrected chi connectivity index (χ4v) is 4.39. The predicted octanol–water partition coefficient (Wildman–Crippen LogP) is 4.69. The number of hydrogen-bond acceptors (Lipinski definition) is 3. The largest absolute Gasteiger partial charge is 0.349 e. The van der Waals surface area contributed by atoms with Crippen molar-refractivity contribution in [3.8, 4) is 33.6 Å². The smallest absolute Gasteiger partial charge is 0.0924 e. The van der Waals surface area contributed by atoms with Crippen LogP contribution in [0.25, 0.3) is 43.9 Å². The number of rotatable bonds is 3. The highest BCUT2D eigenvalue weighted by molar-refractivity contribution is 7.18. The van der Waals surface area contributed by atoms with Gasteiger partial charge in [0.1, 0.15) is 0 Å². The molecule has 0 amide bonds. The molecule has 0 spiro atoms. The van der Waals surface area contributed by atoms with Crippen molar-refractivity contribution in [2.75, 3.05) is 0 Å². The molecule has 0 aliphatic rings. The molecule has 0 aliphatic heterocycles. The second-order valence-electron chi connectivity index (χ2n) is 5.99. The monoisotopic (exact) mass is 345 g/mol. The highest BCUT2D eigenvalue weighted by Crippen LogP contribution is 2.40. The third-order valence-corrected chi connectivity index (χ3v) is 5.48. The normalized spacial score (nSPS) is 11.4. The molecule has 4 heterocycles. The molecule has 0 fully saturated rings. The van der Waals surface area contributed by atoms with Crippen LogP contribution in [0.2, 0.25) is 0 Å². The molecule has 6 heteroatoms. The van der Waals surface area contributed by atoms with Gasteiger partial charge in [0.2, 0.25) is 0 Å². The molecule has 0 unspecified atom stereocenters.